The maximum atomic E-state index is 11.8. The van der Waals surface area contributed by atoms with E-state index in [1.54, 1.807) is 10.9 Å². The summed E-state index contributed by atoms with van der Waals surface area (Å²) in [5, 5.41) is 9.70. The molecule has 2 rings (SSSR count). The van der Waals surface area contributed by atoms with Gasteiger partial charge in [-0.15, -0.1) is 22.9 Å². The first-order chi connectivity index (χ1) is 9.17. The normalized spacial score (nSPS) is 12.3. The number of rotatable bonds is 6. The number of hydrogen-bond acceptors (Lipinski definition) is 4. The Morgan fingerprint density at radius 3 is 3.11 bits per heavy atom. The van der Waals surface area contributed by atoms with Gasteiger partial charge >= 0.3 is 0 Å². The Hall–Kier alpha value is -1.40. The first-order valence-electron chi connectivity index (χ1n) is 5.93. The molecule has 0 radical (unpaired) electrons. The lowest BCUT2D eigenvalue weighted by molar-refractivity contribution is -0.121. The first-order valence-corrected chi connectivity index (χ1v) is 7.35. The number of carbonyl (C=O) groups is 1. The SMILES string of the molecule is CC(Cn1cccn1)NC(=O)Cc1nc(CCl)cs1. The van der Waals surface area contributed by atoms with Gasteiger partial charge in [-0.25, -0.2) is 4.98 Å². The average molecular weight is 299 g/mol. The number of nitrogens with one attached hydrogen (secondary N) is 1. The fourth-order valence-electron chi connectivity index (χ4n) is 1.69. The van der Waals surface area contributed by atoms with Crippen LogP contribution in [0.5, 0.6) is 0 Å². The van der Waals surface area contributed by atoms with Crippen LogP contribution in [0, 0.1) is 0 Å². The molecule has 0 aliphatic carbocycles. The van der Waals surface area contributed by atoms with Crippen molar-refractivity contribution in [2.45, 2.75) is 31.8 Å². The largest absolute Gasteiger partial charge is 0.351 e. The highest BCUT2D eigenvalue weighted by molar-refractivity contribution is 7.09. The van der Waals surface area contributed by atoms with Gasteiger partial charge < -0.3 is 5.32 Å². The molecule has 0 aliphatic rings. The smallest absolute Gasteiger partial charge is 0.227 e. The van der Waals surface area contributed by atoms with Gasteiger partial charge in [0.05, 0.1) is 24.5 Å². The molecule has 0 spiro atoms. The van der Waals surface area contributed by atoms with E-state index in [4.69, 9.17) is 11.6 Å². The molecule has 0 fully saturated rings. The van der Waals surface area contributed by atoms with Gasteiger partial charge in [-0.05, 0) is 13.0 Å². The second-order valence-corrected chi connectivity index (χ2v) is 5.45. The summed E-state index contributed by atoms with van der Waals surface area (Å²) in [6, 6.07) is 1.89. The monoisotopic (exact) mass is 298 g/mol. The van der Waals surface area contributed by atoms with Crippen LogP contribution in [0.25, 0.3) is 0 Å². The maximum absolute atomic E-state index is 11.8. The highest BCUT2D eigenvalue weighted by atomic mass is 35.5. The van der Waals surface area contributed by atoms with Crippen LogP contribution in [-0.4, -0.2) is 26.7 Å². The third-order valence-corrected chi connectivity index (χ3v) is 3.65. The number of alkyl halides is 1. The van der Waals surface area contributed by atoms with Crippen molar-refractivity contribution in [2.24, 2.45) is 0 Å². The van der Waals surface area contributed by atoms with E-state index < -0.39 is 0 Å². The Kier molecular flexibility index (Phi) is 4.93. The Morgan fingerprint density at radius 1 is 1.63 bits per heavy atom. The number of aromatic nitrogens is 3. The van der Waals surface area contributed by atoms with Crippen LogP contribution in [0.4, 0.5) is 0 Å². The predicted molar refractivity (Wildman–Crippen MR) is 75.2 cm³/mol. The summed E-state index contributed by atoms with van der Waals surface area (Å²) in [4.78, 5) is 16.1. The topological polar surface area (TPSA) is 59.8 Å². The van der Waals surface area contributed by atoms with Crippen molar-refractivity contribution in [1.29, 1.82) is 0 Å². The molecule has 1 atom stereocenters. The summed E-state index contributed by atoms with van der Waals surface area (Å²) in [7, 11) is 0. The van der Waals surface area contributed by atoms with Gasteiger partial charge in [0.15, 0.2) is 0 Å². The maximum Gasteiger partial charge on any atom is 0.227 e. The number of halogens is 1. The summed E-state index contributed by atoms with van der Waals surface area (Å²) < 4.78 is 1.79. The predicted octanol–water partition coefficient (Wildman–Crippen LogP) is 1.83. The van der Waals surface area contributed by atoms with Crippen molar-refractivity contribution in [2.75, 3.05) is 0 Å². The number of amides is 1. The van der Waals surface area contributed by atoms with Gasteiger partial charge in [-0.3, -0.25) is 9.48 Å². The van der Waals surface area contributed by atoms with E-state index in [9.17, 15) is 4.79 Å². The van der Waals surface area contributed by atoms with E-state index >= 15 is 0 Å². The second-order valence-electron chi connectivity index (χ2n) is 4.24. The van der Waals surface area contributed by atoms with Crippen molar-refractivity contribution >= 4 is 28.8 Å². The summed E-state index contributed by atoms with van der Waals surface area (Å²) >= 11 is 7.14. The molecule has 7 heteroatoms. The fraction of sp³-hybridized carbons (Fsp3) is 0.417. The van der Waals surface area contributed by atoms with Crippen LogP contribution in [0.3, 0.4) is 0 Å². The molecule has 2 aromatic heterocycles. The van der Waals surface area contributed by atoms with Crippen LogP contribution < -0.4 is 5.32 Å². The Balaban J connectivity index is 1.80. The minimum atomic E-state index is -0.0323. The molecule has 1 amide bonds. The first kappa shape index (κ1) is 14.0. The number of hydrogen-bond donors (Lipinski definition) is 1. The molecule has 1 unspecified atom stereocenters. The minimum absolute atomic E-state index is 0.0276. The van der Waals surface area contributed by atoms with Gasteiger partial charge in [-0.1, -0.05) is 0 Å². The molecule has 19 heavy (non-hydrogen) atoms. The van der Waals surface area contributed by atoms with Gasteiger partial charge in [0.1, 0.15) is 5.01 Å². The number of thiazole rings is 1. The lowest BCUT2D eigenvalue weighted by Gasteiger charge is -2.13. The van der Waals surface area contributed by atoms with E-state index in [0.29, 0.717) is 18.8 Å². The molecule has 102 valence electrons. The zero-order valence-electron chi connectivity index (χ0n) is 10.5. The zero-order chi connectivity index (χ0) is 13.7. The molecular weight excluding hydrogens is 284 g/mol. The quantitative estimate of drug-likeness (QED) is 0.828. The highest BCUT2D eigenvalue weighted by Gasteiger charge is 2.11. The molecule has 2 aromatic rings. The van der Waals surface area contributed by atoms with Gasteiger partial charge in [0, 0.05) is 23.8 Å². The van der Waals surface area contributed by atoms with Gasteiger partial charge in [-0.2, -0.15) is 5.10 Å². The second kappa shape index (κ2) is 6.68. The van der Waals surface area contributed by atoms with Crippen LogP contribution in [0.1, 0.15) is 17.6 Å². The fourth-order valence-corrected chi connectivity index (χ4v) is 2.71. The van der Waals surface area contributed by atoms with Crippen molar-refractivity contribution < 1.29 is 4.79 Å². The third-order valence-electron chi connectivity index (χ3n) is 2.48. The Morgan fingerprint density at radius 2 is 2.47 bits per heavy atom. The van der Waals surface area contributed by atoms with Gasteiger partial charge in [0.2, 0.25) is 5.91 Å². The molecule has 0 aromatic carbocycles. The summed E-state index contributed by atoms with van der Waals surface area (Å²) in [5.74, 6) is 0.350. The van der Waals surface area contributed by atoms with Crippen molar-refractivity contribution in [3.05, 3.63) is 34.5 Å². The third kappa shape index (κ3) is 4.33. The molecule has 0 saturated heterocycles. The molecule has 0 aliphatic heterocycles. The standard InChI is InChI=1S/C12H15ClN4OS/c1-9(7-17-4-2-3-14-17)15-11(18)5-12-16-10(6-13)8-19-12/h2-4,8-9H,5-7H2,1H3,(H,15,18). The Labute approximate surface area is 120 Å². The van der Waals surface area contributed by atoms with Gasteiger partial charge in [0.25, 0.3) is 0 Å². The van der Waals surface area contributed by atoms with E-state index in [-0.39, 0.29) is 11.9 Å². The molecule has 2 heterocycles. The van der Waals surface area contributed by atoms with Crippen molar-refractivity contribution in [3.63, 3.8) is 0 Å². The van der Waals surface area contributed by atoms with Crippen molar-refractivity contribution in [3.8, 4) is 0 Å². The molecular formula is C12H15ClN4OS. The summed E-state index contributed by atoms with van der Waals surface area (Å²) in [6.45, 7) is 2.61. The Bertz CT molecular complexity index is 526. The highest BCUT2D eigenvalue weighted by Crippen LogP contribution is 2.12. The van der Waals surface area contributed by atoms with Crippen LogP contribution in [0.2, 0.25) is 0 Å². The summed E-state index contributed by atoms with van der Waals surface area (Å²) in [6.07, 6.45) is 3.89. The van der Waals surface area contributed by atoms with Crippen LogP contribution >= 0.6 is 22.9 Å². The van der Waals surface area contributed by atoms with E-state index in [1.165, 1.54) is 11.3 Å². The lowest BCUT2D eigenvalue weighted by Crippen LogP contribution is -2.36. The molecule has 5 nitrogen and oxygen atoms in total. The summed E-state index contributed by atoms with van der Waals surface area (Å²) in [5.41, 5.74) is 0.819. The average Bonchev–Trinajstić information content (AvgIpc) is 3.00. The lowest BCUT2D eigenvalue weighted by atomic mass is 10.3. The molecule has 0 saturated carbocycles. The van der Waals surface area contributed by atoms with E-state index in [2.05, 4.69) is 15.4 Å². The number of nitrogens with zero attached hydrogens (tertiary/aromatic N) is 3. The zero-order valence-corrected chi connectivity index (χ0v) is 12.1. The van der Waals surface area contributed by atoms with E-state index in [1.807, 2.05) is 24.6 Å². The van der Waals surface area contributed by atoms with E-state index in [0.717, 1.165) is 10.7 Å². The molecule has 1 N–H and O–H groups in total. The van der Waals surface area contributed by atoms with Crippen LogP contribution in [0.15, 0.2) is 23.8 Å². The molecule has 0 bridgehead atoms. The van der Waals surface area contributed by atoms with Crippen molar-refractivity contribution in [1.82, 2.24) is 20.1 Å². The number of carbonyl (C=O) groups excluding carboxylic acids is 1. The minimum Gasteiger partial charge on any atom is -0.351 e. The van der Waals surface area contributed by atoms with Crippen LogP contribution in [-0.2, 0) is 23.6 Å².